The van der Waals surface area contributed by atoms with Crippen LogP contribution in [0.25, 0.3) is 99.3 Å². The van der Waals surface area contributed by atoms with E-state index in [1.165, 1.54) is 27.1 Å². The van der Waals surface area contributed by atoms with Gasteiger partial charge < -0.3 is 18.1 Å². The van der Waals surface area contributed by atoms with Crippen molar-refractivity contribution in [3.05, 3.63) is 152 Å². The van der Waals surface area contributed by atoms with Crippen LogP contribution in [0, 0.1) is 0 Å². The number of aromatic nitrogens is 4. The zero-order chi connectivity index (χ0) is 33.6. The minimum absolute atomic E-state index is 0.883. The van der Waals surface area contributed by atoms with Gasteiger partial charge in [0.05, 0.1) is 38.8 Å². The van der Waals surface area contributed by atoms with E-state index in [0.717, 1.165) is 85.3 Å². The maximum atomic E-state index is 6.96. The minimum atomic E-state index is 0.883. The molecule has 4 heterocycles. The fourth-order valence-corrected chi connectivity index (χ4v) is 8.57. The van der Waals surface area contributed by atoms with Crippen LogP contribution in [-0.2, 0) is 6.54 Å². The zero-order valence-electron chi connectivity index (χ0n) is 28.0. The highest BCUT2D eigenvalue weighted by Gasteiger charge is 2.28. The first kappa shape index (κ1) is 28.3. The van der Waals surface area contributed by atoms with E-state index in [9.17, 15) is 0 Å². The van der Waals surface area contributed by atoms with E-state index in [1.807, 2.05) is 0 Å². The van der Waals surface area contributed by atoms with Crippen LogP contribution < -0.4 is 0 Å². The summed E-state index contributed by atoms with van der Waals surface area (Å²) in [5.41, 5.74) is 11.8. The Balaban J connectivity index is 1.41. The fraction of sp³-hybridized carbons (Fsp3) is 0.0652. The fourth-order valence-electron chi connectivity index (χ4n) is 8.57. The molecule has 0 N–H and O–H groups in total. The first-order valence-corrected chi connectivity index (χ1v) is 17.7. The Hall–Kier alpha value is -6.59. The molecule has 242 valence electrons. The summed E-state index contributed by atoms with van der Waals surface area (Å²) in [6.45, 7) is 3.12. The van der Waals surface area contributed by atoms with Gasteiger partial charge >= 0.3 is 0 Å². The molecule has 0 saturated heterocycles. The SMILES string of the molecule is CCCn1c(-c2ccccc2-n2c3ccccc3c3c4c5ccccc5oc4c4c(c5ccccc5n4-c4ccccc4)c32)nc2ccccc21. The quantitative estimate of drug-likeness (QED) is 0.185. The van der Waals surface area contributed by atoms with Gasteiger partial charge in [-0.2, -0.15) is 0 Å². The van der Waals surface area contributed by atoms with Gasteiger partial charge in [0.25, 0.3) is 0 Å². The lowest BCUT2D eigenvalue weighted by atomic mass is 10.0. The third-order valence-corrected chi connectivity index (χ3v) is 10.5. The van der Waals surface area contributed by atoms with Crippen LogP contribution in [0.5, 0.6) is 0 Å². The van der Waals surface area contributed by atoms with Crippen LogP contribution in [0.3, 0.4) is 0 Å². The van der Waals surface area contributed by atoms with Crippen molar-refractivity contribution in [2.45, 2.75) is 19.9 Å². The highest BCUT2D eigenvalue weighted by molar-refractivity contribution is 6.39. The van der Waals surface area contributed by atoms with Gasteiger partial charge in [-0.15, -0.1) is 0 Å². The van der Waals surface area contributed by atoms with Crippen LogP contribution >= 0.6 is 0 Å². The summed E-state index contributed by atoms with van der Waals surface area (Å²) in [7, 11) is 0. The largest absolute Gasteiger partial charge is 0.454 e. The number of fused-ring (bicyclic) bond motifs is 13. The molecular formula is C46H32N4O. The molecule has 0 aliphatic carbocycles. The van der Waals surface area contributed by atoms with E-state index < -0.39 is 0 Å². The molecule has 0 aliphatic heterocycles. The molecule has 0 amide bonds. The average molecular weight is 657 g/mol. The second kappa shape index (κ2) is 10.7. The number of furan rings is 1. The molecule has 0 spiro atoms. The lowest BCUT2D eigenvalue weighted by Gasteiger charge is -2.16. The second-order valence-electron chi connectivity index (χ2n) is 13.4. The molecule has 5 nitrogen and oxygen atoms in total. The van der Waals surface area contributed by atoms with Crippen LogP contribution in [0.15, 0.2) is 156 Å². The van der Waals surface area contributed by atoms with Crippen LogP contribution in [0.2, 0.25) is 0 Å². The maximum absolute atomic E-state index is 6.96. The maximum Gasteiger partial charge on any atom is 0.160 e. The Labute approximate surface area is 293 Å². The summed E-state index contributed by atoms with van der Waals surface area (Å²) >= 11 is 0. The van der Waals surface area contributed by atoms with Crippen molar-refractivity contribution in [2.24, 2.45) is 0 Å². The third kappa shape index (κ3) is 3.83. The molecule has 0 aliphatic rings. The van der Waals surface area contributed by atoms with Gasteiger partial charge in [0, 0.05) is 50.1 Å². The van der Waals surface area contributed by atoms with Crippen LogP contribution in [-0.4, -0.2) is 18.7 Å². The summed E-state index contributed by atoms with van der Waals surface area (Å²) in [6.07, 6.45) is 1.01. The Morgan fingerprint density at radius 3 is 1.96 bits per heavy atom. The molecule has 0 atom stereocenters. The Morgan fingerprint density at radius 1 is 0.529 bits per heavy atom. The molecule has 4 aromatic heterocycles. The van der Waals surface area contributed by atoms with Crippen molar-refractivity contribution in [3.63, 3.8) is 0 Å². The zero-order valence-corrected chi connectivity index (χ0v) is 28.0. The van der Waals surface area contributed by atoms with Gasteiger partial charge in [-0.05, 0) is 61.0 Å². The van der Waals surface area contributed by atoms with E-state index in [2.05, 4.69) is 172 Å². The Morgan fingerprint density at radius 2 is 1.16 bits per heavy atom. The number of aryl methyl sites for hydroxylation is 1. The van der Waals surface area contributed by atoms with E-state index in [4.69, 9.17) is 9.40 Å². The molecule has 11 rings (SSSR count). The van der Waals surface area contributed by atoms with Gasteiger partial charge in [-0.25, -0.2) is 4.98 Å². The Kier molecular flexibility index (Phi) is 5.93. The molecule has 0 radical (unpaired) electrons. The predicted octanol–water partition coefficient (Wildman–Crippen LogP) is 12.2. The van der Waals surface area contributed by atoms with Gasteiger partial charge in [-0.1, -0.05) is 104 Å². The van der Waals surface area contributed by atoms with E-state index >= 15 is 0 Å². The molecule has 11 aromatic rings. The molecular weight excluding hydrogens is 625 g/mol. The molecule has 5 heteroatoms. The summed E-state index contributed by atoms with van der Waals surface area (Å²) in [4.78, 5) is 5.30. The molecule has 0 unspecified atom stereocenters. The molecule has 7 aromatic carbocycles. The van der Waals surface area contributed by atoms with Crippen LogP contribution in [0.1, 0.15) is 13.3 Å². The van der Waals surface area contributed by atoms with E-state index in [1.54, 1.807) is 0 Å². The number of rotatable bonds is 5. The van der Waals surface area contributed by atoms with Crippen molar-refractivity contribution in [1.29, 1.82) is 0 Å². The first-order valence-electron chi connectivity index (χ1n) is 17.7. The van der Waals surface area contributed by atoms with Crippen LogP contribution in [0.4, 0.5) is 0 Å². The average Bonchev–Trinajstić information content (AvgIpc) is 3.93. The number of para-hydroxylation sites is 7. The molecule has 0 fully saturated rings. The minimum Gasteiger partial charge on any atom is -0.454 e. The highest BCUT2D eigenvalue weighted by atomic mass is 16.3. The topological polar surface area (TPSA) is 40.8 Å². The van der Waals surface area contributed by atoms with Crippen molar-refractivity contribution in [2.75, 3.05) is 0 Å². The molecule has 51 heavy (non-hydrogen) atoms. The second-order valence-corrected chi connectivity index (χ2v) is 13.4. The van der Waals surface area contributed by atoms with Crippen molar-refractivity contribution >= 4 is 76.6 Å². The summed E-state index contributed by atoms with van der Waals surface area (Å²) < 4.78 is 14.2. The Bertz CT molecular complexity index is 3150. The number of nitrogens with zero attached hydrogens (tertiary/aromatic N) is 4. The lowest BCUT2D eigenvalue weighted by molar-refractivity contribution is 0.671. The first-order chi connectivity index (χ1) is 25.3. The summed E-state index contributed by atoms with van der Waals surface area (Å²) in [5, 5.41) is 7.00. The third-order valence-electron chi connectivity index (χ3n) is 10.5. The van der Waals surface area contributed by atoms with Crippen molar-refractivity contribution < 1.29 is 4.42 Å². The number of imidazole rings is 1. The molecule has 0 bridgehead atoms. The van der Waals surface area contributed by atoms with Gasteiger partial charge in [-0.3, -0.25) is 0 Å². The monoisotopic (exact) mass is 656 g/mol. The van der Waals surface area contributed by atoms with Gasteiger partial charge in [0.2, 0.25) is 0 Å². The smallest absolute Gasteiger partial charge is 0.160 e. The highest BCUT2D eigenvalue weighted by Crippen LogP contribution is 2.50. The number of hydrogen-bond acceptors (Lipinski definition) is 2. The summed E-state index contributed by atoms with van der Waals surface area (Å²) in [5.74, 6) is 0.984. The van der Waals surface area contributed by atoms with Gasteiger partial charge in [0.1, 0.15) is 11.4 Å². The summed E-state index contributed by atoms with van der Waals surface area (Å²) in [6, 6.07) is 54.1. The predicted molar refractivity (Wildman–Crippen MR) is 211 cm³/mol. The standard InChI is InChI=1S/C46H32N4O/c1-2-28-48-38-26-14-10-22-34(38)47-46(48)32-20-8-13-25-37(32)50-36-24-12-6-18-30(36)40-41-33-21-9-15-27-39(33)51-45(41)44-42(43(40)50)31-19-7-11-23-35(31)49(44)29-16-4-3-5-17-29/h3-27H,2,28H2,1H3. The normalized spacial score (nSPS) is 12.2. The van der Waals surface area contributed by atoms with Crippen molar-refractivity contribution in [1.82, 2.24) is 18.7 Å². The van der Waals surface area contributed by atoms with Gasteiger partial charge in [0.15, 0.2) is 5.58 Å². The van der Waals surface area contributed by atoms with E-state index in [0.29, 0.717) is 0 Å². The molecule has 0 saturated carbocycles. The number of hydrogen-bond donors (Lipinski definition) is 0. The van der Waals surface area contributed by atoms with E-state index in [-0.39, 0.29) is 0 Å². The number of benzene rings is 7. The van der Waals surface area contributed by atoms with Crippen molar-refractivity contribution in [3.8, 4) is 22.8 Å². The lowest BCUT2D eigenvalue weighted by Crippen LogP contribution is -2.04.